The molecular weight excluding hydrogens is 212 g/mol. The van der Waals surface area contributed by atoms with Gasteiger partial charge in [-0.15, -0.1) is 0 Å². The Bertz CT molecular complexity index is 423. The van der Waals surface area contributed by atoms with E-state index < -0.39 is 10.1 Å². The van der Waals surface area contributed by atoms with Crippen LogP contribution in [0.1, 0.15) is 18.1 Å². The van der Waals surface area contributed by atoms with Gasteiger partial charge in [-0.25, -0.2) is 0 Å². The lowest BCUT2D eigenvalue weighted by Gasteiger charge is -2.11. The molecule has 84 valence electrons. The number of hydrogen-bond acceptors (Lipinski definition) is 2. The van der Waals surface area contributed by atoms with Gasteiger partial charge in [-0.2, -0.15) is 8.42 Å². The molecule has 1 atom stereocenters. The Balaban J connectivity index is 2.67. The molecule has 0 bridgehead atoms. The lowest BCUT2D eigenvalue weighted by molar-refractivity contribution is 0.468. The zero-order valence-corrected chi connectivity index (χ0v) is 9.79. The van der Waals surface area contributed by atoms with Crippen molar-refractivity contribution in [2.45, 2.75) is 20.3 Å². The number of hydrogen-bond donors (Lipinski definition) is 1. The van der Waals surface area contributed by atoms with E-state index in [0.717, 1.165) is 11.1 Å². The van der Waals surface area contributed by atoms with E-state index in [4.69, 9.17) is 4.55 Å². The molecule has 3 nitrogen and oxygen atoms in total. The van der Waals surface area contributed by atoms with E-state index in [1.54, 1.807) is 0 Å². The second-order valence-corrected chi connectivity index (χ2v) is 5.48. The van der Waals surface area contributed by atoms with Gasteiger partial charge in [0.15, 0.2) is 0 Å². The van der Waals surface area contributed by atoms with Gasteiger partial charge in [0.05, 0.1) is 5.75 Å². The fraction of sp³-hybridized carbons (Fsp3) is 0.455. The number of benzene rings is 1. The molecule has 0 aliphatic heterocycles. The molecular formula is C11H16O3S. The summed E-state index contributed by atoms with van der Waals surface area (Å²) in [5, 5.41) is 0. The van der Waals surface area contributed by atoms with Crippen LogP contribution in [-0.2, 0) is 16.5 Å². The van der Waals surface area contributed by atoms with Gasteiger partial charge in [-0.05, 0) is 30.4 Å². The average molecular weight is 228 g/mol. The second-order valence-electron chi connectivity index (χ2n) is 3.98. The van der Waals surface area contributed by atoms with E-state index in [-0.39, 0.29) is 11.7 Å². The molecule has 0 amide bonds. The SMILES string of the molecule is Cc1ccccc1CC(C)CS(=O)(=O)O. The average Bonchev–Trinajstić information content (AvgIpc) is 2.05. The molecule has 0 heterocycles. The normalized spacial score (nSPS) is 13.8. The van der Waals surface area contributed by atoms with Crippen molar-refractivity contribution in [1.82, 2.24) is 0 Å². The third kappa shape index (κ3) is 4.44. The lowest BCUT2D eigenvalue weighted by Crippen LogP contribution is -2.15. The number of aryl methyl sites for hydroxylation is 1. The van der Waals surface area contributed by atoms with Crippen molar-refractivity contribution in [2.24, 2.45) is 5.92 Å². The van der Waals surface area contributed by atoms with Crippen LogP contribution in [0.5, 0.6) is 0 Å². The maximum atomic E-state index is 10.7. The van der Waals surface area contributed by atoms with E-state index >= 15 is 0 Å². The van der Waals surface area contributed by atoms with E-state index in [0.29, 0.717) is 6.42 Å². The molecule has 0 saturated carbocycles. The summed E-state index contributed by atoms with van der Waals surface area (Å²) in [5.41, 5.74) is 2.29. The van der Waals surface area contributed by atoms with Crippen LogP contribution in [0.4, 0.5) is 0 Å². The fourth-order valence-corrected chi connectivity index (χ4v) is 2.47. The Morgan fingerprint density at radius 2 is 1.93 bits per heavy atom. The van der Waals surface area contributed by atoms with Crippen LogP contribution in [0.3, 0.4) is 0 Å². The molecule has 0 spiro atoms. The first kappa shape index (κ1) is 12.2. The maximum absolute atomic E-state index is 10.7. The minimum absolute atomic E-state index is 0.0684. The van der Waals surface area contributed by atoms with Crippen LogP contribution in [0.2, 0.25) is 0 Å². The summed E-state index contributed by atoms with van der Waals surface area (Å²) in [4.78, 5) is 0. The fourth-order valence-electron chi connectivity index (χ4n) is 1.63. The maximum Gasteiger partial charge on any atom is 0.265 e. The van der Waals surface area contributed by atoms with Crippen molar-refractivity contribution in [3.8, 4) is 0 Å². The van der Waals surface area contributed by atoms with Crippen molar-refractivity contribution in [3.05, 3.63) is 35.4 Å². The van der Waals surface area contributed by atoms with Crippen LogP contribution in [0.15, 0.2) is 24.3 Å². The Morgan fingerprint density at radius 1 is 1.33 bits per heavy atom. The molecule has 1 N–H and O–H groups in total. The molecule has 0 aromatic heterocycles. The highest BCUT2D eigenvalue weighted by Gasteiger charge is 2.13. The van der Waals surface area contributed by atoms with Gasteiger partial charge in [0, 0.05) is 0 Å². The van der Waals surface area contributed by atoms with Crippen LogP contribution in [0.25, 0.3) is 0 Å². The van der Waals surface area contributed by atoms with Crippen LogP contribution >= 0.6 is 0 Å². The lowest BCUT2D eigenvalue weighted by atomic mass is 9.99. The predicted octanol–water partition coefficient (Wildman–Crippen LogP) is 2.06. The summed E-state index contributed by atoms with van der Waals surface area (Å²) in [6.07, 6.45) is 0.673. The topological polar surface area (TPSA) is 54.4 Å². The molecule has 0 fully saturated rings. The predicted molar refractivity (Wildman–Crippen MR) is 60.5 cm³/mol. The highest BCUT2D eigenvalue weighted by atomic mass is 32.2. The molecule has 0 aliphatic carbocycles. The summed E-state index contributed by atoms with van der Waals surface area (Å²) < 4.78 is 30.1. The summed E-state index contributed by atoms with van der Waals surface area (Å²) in [7, 11) is -3.86. The van der Waals surface area contributed by atoms with E-state index in [9.17, 15) is 8.42 Å². The van der Waals surface area contributed by atoms with Crippen molar-refractivity contribution >= 4 is 10.1 Å². The highest BCUT2D eigenvalue weighted by Crippen LogP contribution is 2.14. The Labute approximate surface area is 90.9 Å². The first-order valence-corrected chi connectivity index (χ1v) is 6.49. The zero-order valence-electron chi connectivity index (χ0n) is 8.97. The van der Waals surface area contributed by atoms with Crippen molar-refractivity contribution in [3.63, 3.8) is 0 Å². The molecule has 1 aromatic rings. The first-order valence-electron chi connectivity index (χ1n) is 4.88. The van der Waals surface area contributed by atoms with Gasteiger partial charge in [0.1, 0.15) is 0 Å². The smallest absolute Gasteiger partial charge is 0.265 e. The Kier molecular flexibility index (Phi) is 3.88. The Hall–Kier alpha value is -0.870. The van der Waals surface area contributed by atoms with E-state index in [2.05, 4.69) is 0 Å². The summed E-state index contributed by atoms with van der Waals surface area (Å²) in [6, 6.07) is 7.86. The van der Waals surface area contributed by atoms with Gasteiger partial charge >= 0.3 is 0 Å². The van der Waals surface area contributed by atoms with E-state index in [1.807, 2.05) is 38.1 Å². The highest BCUT2D eigenvalue weighted by molar-refractivity contribution is 7.85. The summed E-state index contributed by atoms with van der Waals surface area (Å²) >= 11 is 0. The second kappa shape index (κ2) is 4.77. The van der Waals surface area contributed by atoms with Gasteiger partial charge in [-0.3, -0.25) is 4.55 Å². The first-order chi connectivity index (χ1) is 6.88. The summed E-state index contributed by atoms with van der Waals surface area (Å²) in [5.74, 6) is -0.248. The van der Waals surface area contributed by atoms with Crippen LogP contribution < -0.4 is 0 Å². The molecule has 4 heteroatoms. The van der Waals surface area contributed by atoms with Gasteiger partial charge in [0.25, 0.3) is 10.1 Å². The minimum Gasteiger partial charge on any atom is -0.286 e. The zero-order chi connectivity index (χ0) is 11.5. The third-order valence-electron chi connectivity index (χ3n) is 2.32. The number of rotatable bonds is 4. The quantitative estimate of drug-likeness (QED) is 0.802. The van der Waals surface area contributed by atoms with Gasteiger partial charge < -0.3 is 0 Å². The van der Waals surface area contributed by atoms with Crippen molar-refractivity contribution in [2.75, 3.05) is 5.75 Å². The molecule has 1 aromatic carbocycles. The minimum atomic E-state index is -3.86. The van der Waals surface area contributed by atoms with E-state index in [1.165, 1.54) is 0 Å². The monoisotopic (exact) mass is 228 g/mol. The van der Waals surface area contributed by atoms with Gasteiger partial charge in [-0.1, -0.05) is 31.2 Å². The molecule has 0 aliphatic rings. The van der Waals surface area contributed by atoms with Crippen LogP contribution in [-0.4, -0.2) is 18.7 Å². The third-order valence-corrected chi connectivity index (χ3v) is 3.32. The van der Waals surface area contributed by atoms with Crippen LogP contribution in [0, 0.1) is 12.8 Å². The Morgan fingerprint density at radius 3 is 2.47 bits per heavy atom. The molecule has 1 rings (SSSR count). The molecule has 1 unspecified atom stereocenters. The standard InChI is InChI=1S/C11H16O3S/c1-9(8-15(12,13)14)7-11-6-4-3-5-10(11)2/h3-6,9H,7-8H2,1-2H3,(H,12,13,14). The molecule has 15 heavy (non-hydrogen) atoms. The largest absolute Gasteiger partial charge is 0.286 e. The van der Waals surface area contributed by atoms with Crippen molar-refractivity contribution < 1.29 is 13.0 Å². The summed E-state index contributed by atoms with van der Waals surface area (Å²) in [6.45, 7) is 3.82. The van der Waals surface area contributed by atoms with Gasteiger partial charge in [0.2, 0.25) is 0 Å². The molecule has 0 radical (unpaired) electrons. The molecule has 0 saturated heterocycles. The van der Waals surface area contributed by atoms with Crippen molar-refractivity contribution in [1.29, 1.82) is 0 Å².